The Morgan fingerprint density at radius 1 is 1.21 bits per heavy atom. The fourth-order valence-corrected chi connectivity index (χ4v) is 3.08. The van der Waals surface area contributed by atoms with Crippen molar-refractivity contribution in [3.63, 3.8) is 0 Å². The first-order valence-electron chi connectivity index (χ1n) is 8.47. The van der Waals surface area contributed by atoms with Crippen molar-refractivity contribution in [3.8, 4) is 0 Å². The number of anilines is 1. The van der Waals surface area contributed by atoms with Crippen LogP contribution >= 0.6 is 0 Å². The molecule has 1 aromatic carbocycles. The zero-order valence-corrected chi connectivity index (χ0v) is 13.7. The summed E-state index contributed by atoms with van der Waals surface area (Å²) < 4.78 is 1.85. The summed E-state index contributed by atoms with van der Waals surface area (Å²) in [5, 5.41) is 20.1. The second-order valence-corrected chi connectivity index (χ2v) is 6.49. The molecule has 1 fully saturated rings. The zero-order valence-electron chi connectivity index (χ0n) is 13.7. The van der Waals surface area contributed by atoms with Crippen molar-refractivity contribution in [3.05, 3.63) is 48.3 Å². The van der Waals surface area contributed by atoms with Crippen LogP contribution in [0.3, 0.4) is 0 Å². The topological polar surface area (TPSA) is 79.2 Å². The highest BCUT2D eigenvalue weighted by molar-refractivity contribution is 5.89. The van der Waals surface area contributed by atoms with Gasteiger partial charge < -0.3 is 15.7 Å². The number of aliphatic hydroxyl groups is 1. The summed E-state index contributed by atoms with van der Waals surface area (Å²) in [6.07, 6.45) is 8.40. The molecule has 0 bridgehead atoms. The molecule has 6 heteroatoms. The van der Waals surface area contributed by atoms with Crippen LogP contribution in [0, 0.1) is 0 Å². The molecule has 1 aliphatic carbocycles. The Hall–Kier alpha value is -2.34. The van der Waals surface area contributed by atoms with Crippen molar-refractivity contribution in [2.24, 2.45) is 0 Å². The van der Waals surface area contributed by atoms with Crippen molar-refractivity contribution in [1.29, 1.82) is 0 Å². The third-order valence-corrected chi connectivity index (χ3v) is 4.48. The van der Waals surface area contributed by atoms with Gasteiger partial charge in [-0.25, -0.2) is 4.79 Å². The Morgan fingerprint density at radius 2 is 1.96 bits per heavy atom. The number of hydrogen-bond acceptors (Lipinski definition) is 3. The summed E-state index contributed by atoms with van der Waals surface area (Å²) in [5.41, 5.74) is 1.09. The number of carbonyl (C=O) groups excluding carboxylic acids is 1. The van der Waals surface area contributed by atoms with Gasteiger partial charge in [0.1, 0.15) is 0 Å². The summed E-state index contributed by atoms with van der Waals surface area (Å²) >= 11 is 0. The first kappa shape index (κ1) is 16.5. The van der Waals surface area contributed by atoms with E-state index in [9.17, 15) is 9.90 Å². The van der Waals surface area contributed by atoms with E-state index in [0.717, 1.165) is 36.9 Å². The van der Waals surface area contributed by atoms with Gasteiger partial charge in [0.25, 0.3) is 0 Å². The van der Waals surface area contributed by atoms with Crippen molar-refractivity contribution < 1.29 is 9.90 Å². The third-order valence-electron chi connectivity index (χ3n) is 4.48. The van der Waals surface area contributed by atoms with Crippen LogP contribution in [0.15, 0.2) is 42.7 Å². The highest BCUT2D eigenvalue weighted by atomic mass is 16.3. The Bertz CT molecular complexity index is 646. The Morgan fingerprint density at radius 3 is 2.62 bits per heavy atom. The van der Waals surface area contributed by atoms with Gasteiger partial charge in [0.05, 0.1) is 12.1 Å². The molecule has 24 heavy (non-hydrogen) atoms. The molecule has 0 aliphatic heterocycles. The number of carbonyl (C=O) groups is 1. The molecule has 0 saturated heterocycles. The molecule has 6 nitrogen and oxygen atoms in total. The minimum absolute atomic E-state index is 0.283. The van der Waals surface area contributed by atoms with Gasteiger partial charge in [-0.15, -0.1) is 0 Å². The fourth-order valence-electron chi connectivity index (χ4n) is 3.08. The lowest BCUT2D eigenvalue weighted by molar-refractivity contribution is 0.00755. The normalized spacial score (nSPS) is 16.5. The van der Waals surface area contributed by atoms with E-state index in [0.29, 0.717) is 13.1 Å². The Balaban J connectivity index is 1.47. The molecule has 0 spiro atoms. The van der Waals surface area contributed by atoms with Crippen LogP contribution in [-0.2, 0) is 6.54 Å². The maximum Gasteiger partial charge on any atom is 0.319 e. The molecular formula is C18H24N4O2. The lowest BCUT2D eigenvalue weighted by Gasteiger charge is -2.32. The predicted octanol–water partition coefficient (Wildman–Crippen LogP) is 2.75. The number of rotatable bonds is 5. The monoisotopic (exact) mass is 328 g/mol. The van der Waals surface area contributed by atoms with Gasteiger partial charge in [0, 0.05) is 24.6 Å². The van der Waals surface area contributed by atoms with E-state index in [1.54, 1.807) is 6.20 Å². The molecular weight excluding hydrogens is 304 g/mol. The minimum Gasteiger partial charge on any atom is -0.388 e. The maximum atomic E-state index is 12.0. The van der Waals surface area contributed by atoms with E-state index in [1.165, 1.54) is 6.42 Å². The standard InChI is InChI=1S/C18H24N4O2/c23-17(19-14-18(24)9-2-1-3-10-18)21-16-7-5-15(6-8-16)13-22-12-4-11-20-22/h4-8,11-12,24H,1-3,9-10,13-14H2,(H2,19,21,23). The number of urea groups is 1. The van der Waals surface area contributed by atoms with Crippen LogP contribution in [0.4, 0.5) is 10.5 Å². The highest BCUT2D eigenvalue weighted by Crippen LogP contribution is 2.27. The van der Waals surface area contributed by atoms with Crippen LogP contribution < -0.4 is 10.6 Å². The maximum absolute atomic E-state index is 12.0. The third kappa shape index (κ3) is 4.58. The quantitative estimate of drug-likeness (QED) is 0.789. The number of hydrogen-bond donors (Lipinski definition) is 3. The predicted molar refractivity (Wildman–Crippen MR) is 92.8 cm³/mol. The van der Waals surface area contributed by atoms with E-state index < -0.39 is 5.60 Å². The molecule has 2 aromatic rings. The molecule has 0 atom stereocenters. The fraction of sp³-hybridized carbons (Fsp3) is 0.444. The first-order chi connectivity index (χ1) is 11.6. The van der Waals surface area contributed by atoms with E-state index in [-0.39, 0.29) is 6.03 Å². The van der Waals surface area contributed by atoms with E-state index in [4.69, 9.17) is 0 Å². The van der Waals surface area contributed by atoms with Crippen molar-refractivity contribution in [1.82, 2.24) is 15.1 Å². The van der Waals surface area contributed by atoms with E-state index in [1.807, 2.05) is 41.2 Å². The molecule has 0 radical (unpaired) electrons. The van der Waals surface area contributed by atoms with Crippen molar-refractivity contribution in [2.75, 3.05) is 11.9 Å². The number of nitrogens with zero attached hydrogens (tertiary/aromatic N) is 2. The van der Waals surface area contributed by atoms with Gasteiger partial charge in [-0.3, -0.25) is 4.68 Å². The van der Waals surface area contributed by atoms with Crippen molar-refractivity contribution in [2.45, 2.75) is 44.2 Å². The zero-order chi connectivity index (χ0) is 16.8. The van der Waals surface area contributed by atoms with Gasteiger partial charge >= 0.3 is 6.03 Å². The van der Waals surface area contributed by atoms with Crippen LogP contribution in [0.25, 0.3) is 0 Å². The van der Waals surface area contributed by atoms with E-state index >= 15 is 0 Å². The number of aromatic nitrogens is 2. The number of benzene rings is 1. The van der Waals surface area contributed by atoms with Crippen molar-refractivity contribution >= 4 is 11.7 Å². The number of amides is 2. The molecule has 2 amide bonds. The lowest BCUT2D eigenvalue weighted by atomic mass is 9.85. The molecule has 3 rings (SSSR count). The van der Waals surface area contributed by atoms with Gasteiger partial charge in [-0.05, 0) is 36.6 Å². The molecule has 1 heterocycles. The largest absolute Gasteiger partial charge is 0.388 e. The van der Waals surface area contributed by atoms with Gasteiger partial charge in [0.15, 0.2) is 0 Å². The van der Waals surface area contributed by atoms with Crippen LogP contribution in [0.5, 0.6) is 0 Å². The molecule has 3 N–H and O–H groups in total. The van der Waals surface area contributed by atoms with Gasteiger partial charge in [-0.1, -0.05) is 31.4 Å². The smallest absolute Gasteiger partial charge is 0.319 e. The summed E-state index contributed by atoms with van der Waals surface area (Å²) in [7, 11) is 0. The molecule has 1 saturated carbocycles. The second kappa shape index (κ2) is 7.49. The Labute approximate surface area is 141 Å². The van der Waals surface area contributed by atoms with Gasteiger partial charge in [0.2, 0.25) is 0 Å². The summed E-state index contributed by atoms with van der Waals surface area (Å²) in [6, 6.07) is 9.27. The summed E-state index contributed by atoms with van der Waals surface area (Å²) in [5.74, 6) is 0. The average molecular weight is 328 g/mol. The molecule has 0 unspecified atom stereocenters. The van der Waals surface area contributed by atoms with Crippen LogP contribution in [-0.4, -0.2) is 33.1 Å². The Kier molecular flexibility index (Phi) is 5.15. The first-order valence-corrected chi connectivity index (χ1v) is 8.47. The van der Waals surface area contributed by atoms with Gasteiger partial charge in [-0.2, -0.15) is 5.10 Å². The van der Waals surface area contributed by atoms with Crippen LogP contribution in [0.2, 0.25) is 0 Å². The molecule has 1 aliphatic rings. The average Bonchev–Trinajstić information content (AvgIpc) is 3.09. The number of nitrogens with one attached hydrogen (secondary N) is 2. The minimum atomic E-state index is -0.747. The molecule has 1 aromatic heterocycles. The van der Waals surface area contributed by atoms with E-state index in [2.05, 4.69) is 15.7 Å². The SMILES string of the molecule is O=C(NCC1(O)CCCCC1)Nc1ccc(Cn2cccn2)cc1. The second-order valence-electron chi connectivity index (χ2n) is 6.49. The molecule has 128 valence electrons. The highest BCUT2D eigenvalue weighted by Gasteiger charge is 2.29. The summed E-state index contributed by atoms with van der Waals surface area (Å²) in [4.78, 5) is 12.0. The summed E-state index contributed by atoms with van der Waals surface area (Å²) in [6.45, 7) is 1.00. The van der Waals surface area contributed by atoms with Crippen LogP contribution in [0.1, 0.15) is 37.7 Å². The lowest BCUT2D eigenvalue weighted by Crippen LogP contribution is -2.45.